The van der Waals surface area contributed by atoms with E-state index in [9.17, 15) is 28.0 Å². The minimum Gasteiger partial charge on any atom is -0.387 e. The number of phosphoric acid groups is 1. The number of halogens is 2. The summed E-state index contributed by atoms with van der Waals surface area (Å²) in [5, 5.41) is 9.82. The van der Waals surface area contributed by atoms with Crippen molar-refractivity contribution in [1.29, 1.82) is 0 Å². The van der Waals surface area contributed by atoms with E-state index in [1.807, 2.05) is 4.98 Å². The van der Waals surface area contributed by atoms with Crippen molar-refractivity contribution >= 4 is 7.82 Å². The van der Waals surface area contributed by atoms with Gasteiger partial charge >= 0.3 is 13.5 Å². The second kappa shape index (κ2) is 6.23. The Morgan fingerprint density at radius 3 is 2.65 bits per heavy atom. The first-order valence-electron chi connectivity index (χ1n) is 6.17. The Morgan fingerprint density at radius 1 is 1.48 bits per heavy atom. The van der Waals surface area contributed by atoms with E-state index in [0.717, 1.165) is 12.3 Å². The van der Waals surface area contributed by atoms with Crippen molar-refractivity contribution in [2.75, 3.05) is 13.3 Å². The molecule has 2 heterocycles. The molecule has 4 atom stereocenters. The Balaban J connectivity index is 2.33. The Morgan fingerprint density at radius 2 is 2.13 bits per heavy atom. The molecule has 130 valence electrons. The number of hydrogen-bond donors (Lipinski definition) is 4. The quantitative estimate of drug-likeness (QED) is 0.468. The number of aromatic nitrogens is 2. The van der Waals surface area contributed by atoms with E-state index < -0.39 is 56.5 Å². The van der Waals surface area contributed by atoms with Gasteiger partial charge in [0.15, 0.2) is 18.0 Å². The van der Waals surface area contributed by atoms with Crippen molar-refractivity contribution in [2.24, 2.45) is 0 Å². The highest BCUT2D eigenvalue weighted by Crippen LogP contribution is 2.43. The zero-order valence-corrected chi connectivity index (χ0v) is 12.2. The van der Waals surface area contributed by atoms with E-state index in [1.165, 1.54) is 0 Å². The molecule has 1 aliphatic heterocycles. The molecule has 0 spiro atoms. The van der Waals surface area contributed by atoms with Crippen molar-refractivity contribution in [1.82, 2.24) is 9.55 Å². The predicted molar refractivity (Wildman–Crippen MR) is 69.0 cm³/mol. The molecule has 1 aromatic rings. The number of aromatic amines is 1. The summed E-state index contributed by atoms with van der Waals surface area (Å²) in [6.07, 6.45) is -5.41. The molecule has 1 fully saturated rings. The number of alkyl halides is 2. The molecule has 0 amide bonds. The molecule has 0 bridgehead atoms. The van der Waals surface area contributed by atoms with Gasteiger partial charge in [-0.2, -0.15) is 0 Å². The first-order valence-corrected chi connectivity index (χ1v) is 7.70. The molecule has 1 saturated heterocycles. The van der Waals surface area contributed by atoms with E-state index in [1.54, 1.807) is 0 Å². The SMILES string of the molecule is O=c1ccn([C@@H]2O[C@](CF)(COP(=O)(O)O)[C@H](O)[C@@H]2F)c(=O)[nH]1. The van der Waals surface area contributed by atoms with E-state index >= 15 is 0 Å². The molecule has 2 rings (SSSR count). The molecule has 13 heteroatoms. The lowest BCUT2D eigenvalue weighted by molar-refractivity contribution is -0.136. The van der Waals surface area contributed by atoms with Crippen LogP contribution in [0, 0.1) is 0 Å². The van der Waals surface area contributed by atoms with Crippen LogP contribution in [0.2, 0.25) is 0 Å². The van der Waals surface area contributed by atoms with E-state index in [4.69, 9.17) is 14.5 Å². The number of hydrogen-bond acceptors (Lipinski definition) is 6. The van der Waals surface area contributed by atoms with E-state index in [2.05, 4.69) is 4.52 Å². The zero-order chi connectivity index (χ0) is 17.4. The number of ether oxygens (including phenoxy) is 1. The first kappa shape index (κ1) is 17.9. The number of H-pyrrole nitrogens is 1. The van der Waals surface area contributed by atoms with Gasteiger partial charge in [0.1, 0.15) is 12.8 Å². The fraction of sp³-hybridized carbons (Fsp3) is 0.600. The fourth-order valence-electron chi connectivity index (χ4n) is 2.12. The van der Waals surface area contributed by atoms with Gasteiger partial charge in [-0.05, 0) is 0 Å². The highest BCUT2D eigenvalue weighted by atomic mass is 31.2. The zero-order valence-electron chi connectivity index (χ0n) is 11.3. The summed E-state index contributed by atoms with van der Waals surface area (Å²) in [6.45, 7) is -2.69. The third kappa shape index (κ3) is 3.57. The summed E-state index contributed by atoms with van der Waals surface area (Å²) in [6, 6.07) is 0.880. The summed E-state index contributed by atoms with van der Waals surface area (Å²) in [5.41, 5.74) is -4.24. The van der Waals surface area contributed by atoms with Crippen molar-refractivity contribution in [2.45, 2.75) is 24.1 Å². The third-order valence-electron chi connectivity index (χ3n) is 3.30. The van der Waals surface area contributed by atoms with Crippen LogP contribution >= 0.6 is 7.82 Å². The van der Waals surface area contributed by atoms with E-state index in [0.29, 0.717) is 4.57 Å². The number of phosphoric ester groups is 1. The Kier molecular flexibility index (Phi) is 4.85. The molecule has 23 heavy (non-hydrogen) atoms. The third-order valence-corrected chi connectivity index (χ3v) is 3.76. The summed E-state index contributed by atoms with van der Waals surface area (Å²) in [7, 11) is -5.02. The van der Waals surface area contributed by atoms with Crippen LogP contribution < -0.4 is 11.2 Å². The summed E-state index contributed by atoms with van der Waals surface area (Å²) in [5.74, 6) is 0. The Bertz CT molecular complexity index is 732. The summed E-state index contributed by atoms with van der Waals surface area (Å²) in [4.78, 5) is 41.7. The molecule has 0 radical (unpaired) electrons. The van der Waals surface area contributed by atoms with Gasteiger partial charge in [0.2, 0.25) is 0 Å². The second-order valence-electron chi connectivity index (χ2n) is 4.88. The molecule has 10 nitrogen and oxygen atoms in total. The Labute approximate surface area is 126 Å². The van der Waals surface area contributed by atoms with Crippen LogP contribution in [0.15, 0.2) is 21.9 Å². The van der Waals surface area contributed by atoms with Crippen molar-refractivity contribution in [3.05, 3.63) is 33.1 Å². The minimum atomic E-state index is -5.02. The minimum absolute atomic E-state index is 0.574. The van der Waals surface area contributed by atoms with Crippen LogP contribution in [0.5, 0.6) is 0 Å². The number of nitrogens with one attached hydrogen (secondary N) is 1. The van der Waals surface area contributed by atoms with Crippen LogP contribution in [0.1, 0.15) is 6.23 Å². The summed E-state index contributed by atoms with van der Waals surface area (Å²) >= 11 is 0. The van der Waals surface area contributed by atoms with Crippen LogP contribution in [-0.2, 0) is 13.8 Å². The van der Waals surface area contributed by atoms with Crippen LogP contribution in [0.4, 0.5) is 8.78 Å². The lowest BCUT2D eigenvalue weighted by atomic mass is 9.98. The van der Waals surface area contributed by atoms with Gasteiger partial charge < -0.3 is 19.6 Å². The van der Waals surface area contributed by atoms with Gasteiger partial charge in [0, 0.05) is 12.3 Å². The number of nitrogens with zero attached hydrogens (tertiary/aromatic N) is 1. The molecule has 0 saturated carbocycles. The fourth-order valence-corrected chi connectivity index (χ4v) is 2.51. The van der Waals surface area contributed by atoms with Gasteiger partial charge in [-0.15, -0.1) is 0 Å². The maximum atomic E-state index is 14.2. The molecule has 1 aliphatic rings. The smallest absolute Gasteiger partial charge is 0.387 e. The summed E-state index contributed by atoms with van der Waals surface area (Å²) < 4.78 is 47.8. The highest BCUT2D eigenvalue weighted by Gasteiger charge is 2.57. The molecule has 0 aromatic carbocycles. The average molecular weight is 358 g/mol. The average Bonchev–Trinajstić information content (AvgIpc) is 2.70. The lowest BCUT2D eigenvalue weighted by Crippen LogP contribution is -2.48. The van der Waals surface area contributed by atoms with Crippen molar-refractivity contribution in [3.63, 3.8) is 0 Å². The van der Waals surface area contributed by atoms with Crippen LogP contribution in [0.3, 0.4) is 0 Å². The number of rotatable bonds is 5. The topological polar surface area (TPSA) is 151 Å². The van der Waals surface area contributed by atoms with Gasteiger partial charge in [-0.1, -0.05) is 0 Å². The monoisotopic (exact) mass is 358 g/mol. The van der Waals surface area contributed by atoms with Crippen LogP contribution in [0.25, 0.3) is 0 Å². The van der Waals surface area contributed by atoms with Gasteiger partial charge in [-0.3, -0.25) is 18.9 Å². The molecular weight excluding hydrogens is 345 g/mol. The first-order chi connectivity index (χ1) is 10.6. The number of aliphatic hydroxyl groups excluding tert-OH is 1. The predicted octanol–water partition coefficient (Wildman–Crippen LogP) is -1.42. The molecule has 0 unspecified atom stereocenters. The highest BCUT2D eigenvalue weighted by molar-refractivity contribution is 7.46. The van der Waals surface area contributed by atoms with Gasteiger partial charge in [-0.25, -0.2) is 18.1 Å². The van der Waals surface area contributed by atoms with Gasteiger partial charge in [0.05, 0.1) is 6.61 Å². The van der Waals surface area contributed by atoms with Crippen molar-refractivity contribution in [3.8, 4) is 0 Å². The maximum Gasteiger partial charge on any atom is 0.469 e. The maximum absolute atomic E-state index is 14.2. The molecule has 0 aliphatic carbocycles. The largest absolute Gasteiger partial charge is 0.469 e. The molecular formula is C10H13F2N2O8P. The normalized spacial score (nSPS) is 31.4. The lowest BCUT2D eigenvalue weighted by Gasteiger charge is -2.28. The van der Waals surface area contributed by atoms with Gasteiger partial charge in [0.25, 0.3) is 5.56 Å². The second-order valence-corrected chi connectivity index (χ2v) is 6.12. The van der Waals surface area contributed by atoms with Crippen molar-refractivity contribution < 1.29 is 37.5 Å². The number of aliphatic hydroxyl groups is 1. The molecule has 4 N–H and O–H groups in total. The standard InChI is InChI=1S/C10H13F2N2O8P/c11-3-10(4-21-23(18,19)20)7(16)6(12)8(22-10)14-2-1-5(15)13-9(14)17/h1-2,6-8,16H,3-4H2,(H,13,15,17)(H2,18,19,20)/t6-,7+,8+,10+/m0/s1. The molecule has 1 aromatic heterocycles. The Hall–Kier alpha value is -1.43. The van der Waals surface area contributed by atoms with E-state index in [-0.39, 0.29) is 0 Å². The van der Waals surface area contributed by atoms with Crippen LogP contribution in [-0.4, -0.2) is 55.6 Å².